The van der Waals surface area contributed by atoms with Crippen LogP contribution in [0.1, 0.15) is 31.2 Å². The van der Waals surface area contributed by atoms with Crippen molar-refractivity contribution in [2.75, 3.05) is 13.7 Å². The number of benzene rings is 2. The number of nitriles is 1. The molecule has 148 valence electrons. The summed E-state index contributed by atoms with van der Waals surface area (Å²) in [4.78, 5) is 0. The van der Waals surface area contributed by atoms with Gasteiger partial charge in [-0.3, -0.25) is 0 Å². The van der Waals surface area contributed by atoms with Crippen LogP contribution in [0.5, 0.6) is 11.5 Å². The number of aromatic nitrogens is 3. The lowest BCUT2D eigenvalue weighted by atomic mass is 10.1. The summed E-state index contributed by atoms with van der Waals surface area (Å²) in [7, 11) is 3.47. The zero-order valence-corrected chi connectivity index (χ0v) is 16.9. The molecule has 3 aromatic rings. The minimum Gasteiger partial charge on any atom is -0.493 e. The smallest absolute Gasteiger partial charge is 0.174 e. The van der Waals surface area contributed by atoms with E-state index in [4.69, 9.17) is 9.47 Å². The van der Waals surface area contributed by atoms with Gasteiger partial charge in [0.2, 0.25) is 0 Å². The number of nitrogens with zero attached hydrogens (tertiary/aromatic N) is 4. The second-order valence-corrected chi connectivity index (χ2v) is 6.55. The van der Waals surface area contributed by atoms with Gasteiger partial charge in [0.15, 0.2) is 23.1 Å². The topological polar surface area (TPSA) is 73.0 Å². The van der Waals surface area contributed by atoms with Crippen molar-refractivity contribution in [1.82, 2.24) is 14.8 Å². The number of unbranched alkanes of at least 4 members (excludes halogenated alkanes) is 1. The first-order valence-corrected chi connectivity index (χ1v) is 9.55. The Morgan fingerprint density at radius 2 is 1.93 bits per heavy atom. The van der Waals surface area contributed by atoms with E-state index in [-0.39, 0.29) is 0 Å². The molecule has 6 heteroatoms. The third kappa shape index (κ3) is 4.64. The molecule has 0 amide bonds. The Morgan fingerprint density at radius 3 is 2.62 bits per heavy atom. The minimum absolute atomic E-state index is 0.423. The molecule has 0 radical (unpaired) electrons. The van der Waals surface area contributed by atoms with Gasteiger partial charge in [-0.25, -0.2) is 0 Å². The van der Waals surface area contributed by atoms with Crippen molar-refractivity contribution in [2.24, 2.45) is 7.05 Å². The zero-order chi connectivity index (χ0) is 20.6. The molecule has 6 nitrogen and oxygen atoms in total. The summed E-state index contributed by atoms with van der Waals surface area (Å²) >= 11 is 0. The quantitative estimate of drug-likeness (QED) is 0.412. The number of allylic oxidation sites excluding steroid dienone is 1. The third-order valence-electron chi connectivity index (χ3n) is 4.52. The second-order valence-electron chi connectivity index (χ2n) is 6.55. The highest BCUT2D eigenvalue weighted by atomic mass is 16.5. The number of hydrogen-bond donors (Lipinski definition) is 0. The van der Waals surface area contributed by atoms with Crippen molar-refractivity contribution in [2.45, 2.75) is 19.8 Å². The second kappa shape index (κ2) is 9.56. The third-order valence-corrected chi connectivity index (χ3v) is 4.52. The van der Waals surface area contributed by atoms with Gasteiger partial charge in [0.1, 0.15) is 6.07 Å². The summed E-state index contributed by atoms with van der Waals surface area (Å²) < 4.78 is 13.1. The Balaban J connectivity index is 1.94. The summed E-state index contributed by atoms with van der Waals surface area (Å²) in [5.74, 6) is 2.55. The molecule has 3 rings (SSSR count). The summed E-state index contributed by atoms with van der Waals surface area (Å²) in [6.45, 7) is 2.73. The van der Waals surface area contributed by atoms with E-state index in [1.165, 1.54) is 0 Å². The fourth-order valence-corrected chi connectivity index (χ4v) is 2.94. The van der Waals surface area contributed by atoms with E-state index < -0.39 is 0 Å². The number of hydrogen-bond acceptors (Lipinski definition) is 5. The molecular weight excluding hydrogens is 364 g/mol. The lowest BCUT2D eigenvalue weighted by Crippen LogP contribution is -2.00. The monoisotopic (exact) mass is 388 g/mol. The first-order valence-electron chi connectivity index (χ1n) is 9.55. The van der Waals surface area contributed by atoms with E-state index in [1.54, 1.807) is 13.2 Å². The van der Waals surface area contributed by atoms with Gasteiger partial charge in [-0.2, -0.15) is 5.26 Å². The molecule has 2 aromatic carbocycles. The van der Waals surface area contributed by atoms with Crippen LogP contribution in [-0.2, 0) is 7.05 Å². The molecule has 0 atom stereocenters. The molecule has 1 aromatic heterocycles. The van der Waals surface area contributed by atoms with Crippen molar-refractivity contribution in [3.8, 4) is 29.0 Å². The Morgan fingerprint density at radius 1 is 1.14 bits per heavy atom. The average Bonchev–Trinajstić information content (AvgIpc) is 3.14. The van der Waals surface area contributed by atoms with Crippen molar-refractivity contribution >= 4 is 11.6 Å². The number of ether oxygens (including phenoxy) is 2. The van der Waals surface area contributed by atoms with E-state index in [0.717, 1.165) is 24.0 Å². The molecular formula is C23H24N4O2. The molecule has 0 aliphatic heterocycles. The van der Waals surface area contributed by atoms with Crippen LogP contribution in [-0.4, -0.2) is 28.5 Å². The highest BCUT2D eigenvalue weighted by Gasteiger charge is 2.15. The summed E-state index contributed by atoms with van der Waals surface area (Å²) in [5, 5.41) is 18.2. The van der Waals surface area contributed by atoms with Gasteiger partial charge in [0, 0.05) is 12.6 Å². The van der Waals surface area contributed by atoms with Gasteiger partial charge in [-0.15, -0.1) is 10.2 Å². The van der Waals surface area contributed by atoms with Crippen LogP contribution >= 0.6 is 0 Å². The van der Waals surface area contributed by atoms with E-state index in [1.807, 2.05) is 60.1 Å². The van der Waals surface area contributed by atoms with Gasteiger partial charge in [0.05, 0.1) is 19.3 Å². The molecule has 0 aliphatic carbocycles. The highest BCUT2D eigenvalue weighted by Crippen LogP contribution is 2.30. The van der Waals surface area contributed by atoms with Gasteiger partial charge in [0.25, 0.3) is 0 Å². The average molecular weight is 388 g/mol. The van der Waals surface area contributed by atoms with Crippen molar-refractivity contribution in [3.05, 3.63) is 59.9 Å². The van der Waals surface area contributed by atoms with Crippen LogP contribution in [0.25, 0.3) is 23.0 Å². The molecule has 0 unspecified atom stereocenters. The summed E-state index contributed by atoms with van der Waals surface area (Å²) in [5.41, 5.74) is 2.20. The van der Waals surface area contributed by atoms with E-state index in [9.17, 15) is 5.26 Å². The fourth-order valence-electron chi connectivity index (χ4n) is 2.94. The van der Waals surface area contributed by atoms with E-state index >= 15 is 0 Å². The fraction of sp³-hybridized carbons (Fsp3) is 0.261. The maximum absolute atomic E-state index is 9.73. The Kier molecular flexibility index (Phi) is 6.64. The van der Waals surface area contributed by atoms with Gasteiger partial charge in [-0.1, -0.05) is 49.7 Å². The van der Waals surface area contributed by atoms with E-state index in [0.29, 0.717) is 35.3 Å². The first kappa shape index (κ1) is 20.2. The standard InChI is InChI=1S/C23H24N4O2/c1-4-5-13-29-21-15-17(11-12-20(21)28-3)14-19(16-24)23-26-25-22(27(23)2)18-9-7-6-8-10-18/h6-12,14-15H,4-5,13H2,1-3H3/b19-14+. The molecule has 0 fully saturated rings. The summed E-state index contributed by atoms with van der Waals surface area (Å²) in [6, 6.07) is 17.6. The number of methoxy groups -OCH3 is 1. The van der Waals surface area contributed by atoms with Crippen LogP contribution < -0.4 is 9.47 Å². The van der Waals surface area contributed by atoms with E-state index in [2.05, 4.69) is 23.2 Å². The minimum atomic E-state index is 0.423. The largest absolute Gasteiger partial charge is 0.493 e. The molecule has 0 N–H and O–H groups in total. The molecule has 0 spiro atoms. The first-order chi connectivity index (χ1) is 14.2. The van der Waals surface area contributed by atoms with Crippen LogP contribution in [0.2, 0.25) is 0 Å². The zero-order valence-electron chi connectivity index (χ0n) is 16.9. The molecule has 1 heterocycles. The molecule has 0 saturated carbocycles. The highest BCUT2D eigenvalue weighted by molar-refractivity contribution is 5.88. The Bertz CT molecular complexity index is 1030. The van der Waals surface area contributed by atoms with Crippen LogP contribution in [0.15, 0.2) is 48.5 Å². The van der Waals surface area contributed by atoms with Crippen molar-refractivity contribution < 1.29 is 9.47 Å². The normalized spacial score (nSPS) is 11.2. The van der Waals surface area contributed by atoms with Crippen LogP contribution in [0.4, 0.5) is 0 Å². The SMILES string of the molecule is CCCCOc1cc(/C=C(\C#N)c2nnc(-c3ccccc3)n2C)ccc1OC. The van der Waals surface area contributed by atoms with Crippen LogP contribution in [0.3, 0.4) is 0 Å². The Hall–Kier alpha value is -3.59. The Labute approximate surface area is 171 Å². The summed E-state index contributed by atoms with van der Waals surface area (Å²) in [6.07, 6.45) is 3.80. The van der Waals surface area contributed by atoms with Crippen molar-refractivity contribution in [1.29, 1.82) is 5.26 Å². The maximum atomic E-state index is 9.73. The lowest BCUT2D eigenvalue weighted by Gasteiger charge is -2.11. The maximum Gasteiger partial charge on any atom is 0.174 e. The predicted molar refractivity (Wildman–Crippen MR) is 113 cm³/mol. The number of rotatable bonds is 8. The van der Waals surface area contributed by atoms with Crippen LogP contribution in [0, 0.1) is 11.3 Å². The predicted octanol–water partition coefficient (Wildman–Crippen LogP) is 4.73. The van der Waals surface area contributed by atoms with Gasteiger partial charge in [-0.05, 0) is 30.2 Å². The molecule has 0 saturated heterocycles. The lowest BCUT2D eigenvalue weighted by molar-refractivity contribution is 0.288. The van der Waals surface area contributed by atoms with Gasteiger partial charge >= 0.3 is 0 Å². The molecule has 0 bridgehead atoms. The van der Waals surface area contributed by atoms with Crippen molar-refractivity contribution in [3.63, 3.8) is 0 Å². The molecule has 0 aliphatic rings. The van der Waals surface area contributed by atoms with Gasteiger partial charge < -0.3 is 14.0 Å². The molecule has 29 heavy (non-hydrogen) atoms.